The normalized spacial score (nSPS) is 17.2. The first-order valence-electron chi connectivity index (χ1n) is 11.2. The molecule has 0 saturated carbocycles. The summed E-state index contributed by atoms with van der Waals surface area (Å²) in [6.45, 7) is 1.23. The molecule has 3 aromatic carbocycles. The number of nitrogens with zero attached hydrogens (tertiary/aromatic N) is 2. The zero-order valence-corrected chi connectivity index (χ0v) is 23.2. The molecule has 1 fully saturated rings. The summed E-state index contributed by atoms with van der Waals surface area (Å²) < 4.78 is 24.5. The Balaban J connectivity index is 1.69. The minimum Gasteiger partial charge on any atom is -0.360 e. The van der Waals surface area contributed by atoms with Crippen LogP contribution in [0, 0.1) is 0 Å². The third-order valence-electron chi connectivity index (χ3n) is 6.21. The third-order valence-corrected chi connectivity index (χ3v) is 8.19. The van der Waals surface area contributed by atoms with Gasteiger partial charge in [-0.25, -0.2) is 8.42 Å². The van der Waals surface area contributed by atoms with Gasteiger partial charge in [-0.2, -0.15) is 0 Å². The van der Waals surface area contributed by atoms with Crippen LogP contribution in [-0.2, 0) is 14.6 Å². The minimum atomic E-state index is -3.43. The summed E-state index contributed by atoms with van der Waals surface area (Å²) in [4.78, 5) is 17.7. The first-order chi connectivity index (χ1) is 17.0. The van der Waals surface area contributed by atoms with E-state index in [4.69, 9.17) is 46.4 Å². The summed E-state index contributed by atoms with van der Waals surface area (Å²) in [5.41, 5.74) is 2.37. The monoisotopic (exact) mass is 584 g/mol. The van der Waals surface area contributed by atoms with E-state index in [0.29, 0.717) is 45.3 Å². The van der Waals surface area contributed by atoms with Gasteiger partial charge in [-0.05, 0) is 53.6 Å². The Morgan fingerprint density at radius 1 is 0.889 bits per heavy atom. The predicted octanol–water partition coefficient (Wildman–Crippen LogP) is 6.52. The molecule has 4 rings (SSSR count). The molecule has 10 heteroatoms. The van der Waals surface area contributed by atoms with Gasteiger partial charge in [0.1, 0.15) is 9.84 Å². The second-order valence-electron chi connectivity index (χ2n) is 8.84. The van der Waals surface area contributed by atoms with Crippen LogP contribution in [0.2, 0.25) is 20.1 Å². The first-order valence-corrected chi connectivity index (χ1v) is 14.8. The van der Waals surface area contributed by atoms with Gasteiger partial charge in [0.2, 0.25) is 5.91 Å². The fraction of sp³-hybridized carbons (Fsp3) is 0.269. The molecular formula is C26H24Cl4N2O3S. The van der Waals surface area contributed by atoms with Gasteiger partial charge >= 0.3 is 0 Å². The van der Waals surface area contributed by atoms with Gasteiger partial charge in [0.05, 0.1) is 28.4 Å². The van der Waals surface area contributed by atoms with Gasteiger partial charge < -0.3 is 9.80 Å². The van der Waals surface area contributed by atoms with Crippen molar-refractivity contribution in [3.63, 3.8) is 0 Å². The highest BCUT2D eigenvalue weighted by molar-refractivity contribution is 7.90. The summed E-state index contributed by atoms with van der Waals surface area (Å²) in [5.74, 6) is -1.38. The number of piperazine rings is 1. The molecule has 0 aliphatic carbocycles. The molecule has 1 aliphatic rings. The van der Waals surface area contributed by atoms with Crippen molar-refractivity contribution in [2.45, 2.75) is 12.0 Å². The lowest BCUT2D eigenvalue weighted by atomic mass is 9.96. The van der Waals surface area contributed by atoms with Gasteiger partial charge in [-0.15, -0.1) is 0 Å². The summed E-state index contributed by atoms with van der Waals surface area (Å²) in [7, 11) is -3.43. The molecule has 1 aliphatic heterocycles. The number of benzene rings is 3. The van der Waals surface area contributed by atoms with E-state index in [1.807, 2.05) is 18.2 Å². The molecule has 0 spiro atoms. The lowest BCUT2D eigenvalue weighted by molar-refractivity contribution is -0.133. The van der Waals surface area contributed by atoms with Gasteiger partial charge in [-0.3, -0.25) is 4.79 Å². The summed E-state index contributed by atoms with van der Waals surface area (Å²) >= 11 is 24.8. The second-order valence-corrected chi connectivity index (χ2v) is 12.7. The molecule has 0 unspecified atom stereocenters. The SMILES string of the molecule is CS(=O)(=O)C[C@@H](C(=O)N1CCN(c2ccc(Cl)cc2Cl)[C@H](c2ccc(Cl)cc2)C1)c1ccc(Cl)cc1. The highest BCUT2D eigenvalue weighted by Crippen LogP contribution is 2.37. The number of sulfone groups is 1. The molecule has 0 N–H and O–H groups in total. The predicted molar refractivity (Wildman–Crippen MR) is 148 cm³/mol. The van der Waals surface area contributed by atoms with Crippen molar-refractivity contribution in [2.24, 2.45) is 0 Å². The Labute approximate surface area is 231 Å². The van der Waals surface area contributed by atoms with Crippen LogP contribution in [0.5, 0.6) is 0 Å². The van der Waals surface area contributed by atoms with Crippen molar-refractivity contribution in [1.29, 1.82) is 0 Å². The van der Waals surface area contributed by atoms with Crippen LogP contribution < -0.4 is 4.90 Å². The Kier molecular flexibility index (Phi) is 8.42. The number of amides is 1. The Bertz CT molecular complexity index is 1350. The summed E-state index contributed by atoms with van der Waals surface area (Å²) in [5, 5.41) is 2.17. The molecule has 1 amide bonds. The van der Waals surface area contributed by atoms with E-state index in [2.05, 4.69) is 4.90 Å². The maximum atomic E-state index is 13.8. The third kappa shape index (κ3) is 6.48. The highest BCUT2D eigenvalue weighted by atomic mass is 35.5. The molecule has 190 valence electrons. The van der Waals surface area contributed by atoms with Gasteiger partial charge in [0.25, 0.3) is 0 Å². The molecule has 2 atom stereocenters. The highest BCUT2D eigenvalue weighted by Gasteiger charge is 2.36. The van der Waals surface area contributed by atoms with E-state index in [-0.39, 0.29) is 17.7 Å². The number of rotatable bonds is 6. The molecule has 5 nitrogen and oxygen atoms in total. The van der Waals surface area contributed by atoms with E-state index in [0.717, 1.165) is 17.5 Å². The molecule has 0 radical (unpaired) electrons. The van der Waals surface area contributed by atoms with Crippen LogP contribution >= 0.6 is 46.4 Å². The zero-order valence-electron chi connectivity index (χ0n) is 19.4. The van der Waals surface area contributed by atoms with Crippen molar-refractivity contribution in [1.82, 2.24) is 4.90 Å². The van der Waals surface area contributed by atoms with Crippen LogP contribution in [0.1, 0.15) is 23.1 Å². The standard InChI is InChI=1S/C26H24Cl4N2O3S/c1-36(34,35)16-22(17-2-6-19(27)7-3-17)26(33)31-12-13-32(24-11-10-21(29)14-23(24)30)25(15-31)18-4-8-20(28)9-5-18/h2-11,14,22,25H,12-13,15-16H2,1H3/t22-,25+/m1/s1. The number of anilines is 1. The summed E-state index contributed by atoms with van der Waals surface area (Å²) in [6, 6.07) is 19.3. The lowest BCUT2D eigenvalue weighted by Crippen LogP contribution is -2.52. The van der Waals surface area contributed by atoms with E-state index in [9.17, 15) is 13.2 Å². The minimum absolute atomic E-state index is 0.234. The topological polar surface area (TPSA) is 57.7 Å². The van der Waals surface area contributed by atoms with E-state index >= 15 is 0 Å². The Hall–Kier alpha value is -1.96. The molecule has 1 saturated heterocycles. The molecule has 0 aromatic heterocycles. The molecule has 36 heavy (non-hydrogen) atoms. The maximum Gasteiger partial charge on any atom is 0.231 e. The fourth-order valence-electron chi connectivity index (χ4n) is 4.48. The van der Waals surface area contributed by atoms with Crippen molar-refractivity contribution < 1.29 is 13.2 Å². The van der Waals surface area contributed by atoms with Crippen LogP contribution in [0.15, 0.2) is 66.7 Å². The van der Waals surface area contributed by atoms with Crippen LogP contribution in [0.25, 0.3) is 0 Å². The van der Waals surface area contributed by atoms with Gasteiger partial charge in [0.15, 0.2) is 0 Å². The van der Waals surface area contributed by atoms with E-state index in [1.165, 1.54) is 0 Å². The van der Waals surface area contributed by atoms with Gasteiger partial charge in [-0.1, -0.05) is 70.7 Å². The molecular weight excluding hydrogens is 562 g/mol. The van der Waals surface area contributed by atoms with E-state index < -0.39 is 15.8 Å². The molecule has 0 bridgehead atoms. The average molecular weight is 586 g/mol. The first kappa shape index (κ1) is 27.1. The second kappa shape index (κ2) is 11.2. The largest absolute Gasteiger partial charge is 0.360 e. The number of carbonyl (C=O) groups excluding carboxylic acids is 1. The van der Waals surface area contributed by atoms with Crippen molar-refractivity contribution in [2.75, 3.05) is 36.5 Å². The number of hydrogen-bond acceptors (Lipinski definition) is 4. The van der Waals surface area contributed by atoms with Crippen LogP contribution in [-0.4, -0.2) is 50.9 Å². The number of hydrogen-bond donors (Lipinski definition) is 0. The van der Waals surface area contributed by atoms with Crippen LogP contribution in [0.3, 0.4) is 0 Å². The Morgan fingerprint density at radius 3 is 2.06 bits per heavy atom. The summed E-state index contributed by atoms with van der Waals surface area (Å²) in [6.07, 6.45) is 1.14. The fourth-order valence-corrected chi connectivity index (χ4v) is 6.19. The zero-order chi connectivity index (χ0) is 26.0. The average Bonchev–Trinajstić information content (AvgIpc) is 2.82. The van der Waals surface area contributed by atoms with Crippen molar-refractivity contribution in [3.05, 3.63) is 97.9 Å². The molecule has 3 aromatic rings. The quantitative estimate of drug-likeness (QED) is 0.330. The molecule has 1 heterocycles. The lowest BCUT2D eigenvalue weighted by Gasteiger charge is -2.44. The number of carbonyl (C=O) groups is 1. The Morgan fingerprint density at radius 2 is 1.47 bits per heavy atom. The smallest absolute Gasteiger partial charge is 0.231 e. The maximum absolute atomic E-state index is 13.8. The van der Waals surface area contributed by atoms with Crippen molar-refractivity contribution in [3.8, 4) is 0 Å². The van der Waals surface area contributed by atoms with E-state index in [1.54, 1.807) is 53.4 Å². The van der Waals surface area contributed by atoms with Crippen LogP contribution in [0.4, 0.5) is 5.69 Å². The van der Waals surface area contributed by atoms with Crippen molar-refractivity contribution >= 4 is 67.8 Å². The van der Waals surface area contributed by atoms with Gasteiger partial charge in [0, 0.05) is 41.0 Å². The number of halogens is 4.